The van der Waals surface area contributed by atoms with E-state index in [9.17, 15) is 5.11 Å². The summed E-state index contributed by atoms with van der Waals surface area (Å²) in [5.74, 6) is 0. The molecule has 0 heterocycles. The Morgan fingerprint density at radius 3 is 1.50 bits per heavy atom. The lowest BCUT2D eigenvalue weighted by Gasteiger charge is -2.12. The number of rotatable bonds is 18. The molecule has 2 heteroatoms. The van der Waals surface area contributed by atoms with Gasteiger partial charge in [-0.05, 0) is 25.8 Å². The predicted octanol–water partition coefficient (Wildman–Crippen LogP) is 6.18. The van der Waals surface area contributed by atoms with Crippen LogP contribution < -0.4 is 5.32 Å². The van der Waals surface area contributed by atoms with E-state index < -0.39 is 0 Å². The third kappa shape index (κ3) is 18.0. The molecule has 0 aliphatic heterocycles. The second-order valence-corrected chi connectivity index (χ2v) is 6.85. The third-order valence-corrected chi connectivity index (χ3v) is 4.49. The van der Waals surface area contributed by atoms with Gasteiger partial charge in [0.25, 0.3) is 0 Å². The van der Waals surface area contributed by atoms with Crippen LogP contribution in [-0.4, -0.2) is 17.9 Å². The van der Waals surface area contributed by atoms with Crippen molar-refractivity contribution >= 4 is 0 Å². The van der Waals surface area contributed by atoms with Crippen LogP contribution in [0.15, 0.2) is 0 Å². The highest BCUT2D eigenvalue weighted by Crippen LogP contribution is 2.12. The second kappa shape index (κ2) is 19.0. The smallest absolute Gasteiger partial charge is 0.104 e. The summed E-state index contributed by atoms with van der Waals surface area (Å²) in [6.45, 7) is 5.48. The van der Waals surface area contributed by atoms with Crippen LogP contribution in [-0.2, 0) is 0 Å². The van der Waals surface area contributed by atoms with E-state index in [1.807, 2.05) is 0 Å². The van der Waals surface area contributed by atoms with Gasteiger partial charge in [0, 0.05) is 0 Å². The van der Waals surface area contributed by atoms with Crippen LogP contribution in [0, 0.1) is 0 Å². The van der Waals surface area contributed by atoms with Crippen LogP contribution in [0.5, 0.6) is 0 Å². The minimum absolute atomic E-state index is 0.278. The lowest BCUT2D eigenvalue weighted by Crippen LogP contribution is -2.29. The largest absolute Gasteiger partial charge is 0.379 e. The Labute approximate surface area is 140 Å². The molecule has 0 aliphatic rings. The SMILES string of the molecule is CCCCCCCCCCCCCC(O)NCCCCCC. The van der Waals surface area contributed by atoms with Gasteiger partial charge in [-0.25, -0.2) is 0 Å². The maximum Gasteiger partial charge on any atom is 0.104 e. The van der Waals surface area contributed by atoms with Crippen molar-refractivity contribution in [3.8, 4) is 0 Å². The van der Waals surface area contributed by atoms with Crippen LogP contribution in [0.1, 0.15) is 117 Å². The van der Waals surface area contributed by atoms with Crippen molar-refractivity contribution < 1.29 is 5.11 Å². The molecule has 0 aromatic carbocycles. The fourth-order valence-electron chi connectivity index (χ4n) is 2.92. The number of aliphatic hydroxyl groups excluding tert-OH is 1. The van der Waals surface area contributed by atoms with Gasteiger partial charge in [-0.15, -0.1) is 0 Å². The standard InChI is InChI=1S/C20H43NO/c1-3-5-7-9-10-11-12-13-14-15-16-18-20(22)21-19-17-8-6-4-2/h20-22H,3-19H2,1-2H3. The molecule has 22 heavy (non-hydrogen) atoms. The monoisotopic (exact) mass is 313 g/mol. The van der Waals surface area contributed by atoms with E-state index in [1.54, 1.807) is 0 Å². The molecule has 1 atom stereocenters. The van der Waals surface area contributed by atoms with Crippen LogP contribution >= 0.6 is 0 Å². The second-order valence-electron chi connectivity index (χ2n) is 6.85. The number of hydrogen-bond donors (Lipinski definition) is 2. The molecule has 2 N–H and O–H groups in total. The summed E-state index contributed by atoms with van der Waals surface area (Å²) >= 11 is 0. The van der Waals surface area contributed by atoms with Gasteiger partial charge in [0.2, 0.25) is 0 Å². The lowest BCUT2D eigenvalue weighted by molar-refractivity contribution is 0.124. The molecule has 0 spiro atoms. The number of nitrogens with one attached hydrogen (secondary N) is 1. The summed E-state index contributed by atoms with van der Waals surface area (Å²) in [4.78, 5) is 0. The maximum absolute atomic E-state index is 9.84. The fraction of sp³-hybridized carbons (Fsp3) is 1.00. The van der Waals surface area contributed by atoms with E-state index in [4.69, 9.17) is 0 Å². The van der Waals surface area contributed by atoms with Crippen molar-refractivity contribution in [2.24, 2.45) is 0 Å². The summed E-state index contributed by atoms with van der Waals surface area (Å²) in [5.41, 5.74) is 0. The molecule has 1 unspecified atom stereocenters. The normalized spacial score (nSPS) is 12.7. The van der Waals surface area contributed by atoms with Crippen molar-refractivity contribution in [2.45, 2.75) is 123 Å². The van der Waals surface area contributed by atoms with Gasteiger partial charge >= 0.3 is 0 Å². The van der Waals surface area contributed by atoms with E-state index in [-0.39, 0.29) is 6.23 Å². The molecule has 0 saturated carbocycles. The van der Waals surface area contributed by atoms with Gasteiger partial charge in [0.1, 0.15) is 6.23 Å². The minimum Gasteiger partial charge on any atom is -0.379 e. The zero-order valence-electron chi connectivity index (χ0n) is 15.5. The molecule has 0 aromatic rings. The molecule has 0 amide bonds. The molecule has 2 nitrogen and oxygen atoms in total. The summed E-state index contributed by atoms with van der Waals surface area (Å²) in [6.07, 6.45) is 20.8. The molecule has 0 fully saturated rings. The Morgan fingerprint density at radius 2 is 1.00 bits per heavy atom. The zero-order chi connectivity index (χ0) is 16.3. The number of unbranched alkanes of at least 4 members (excludes halogenated alkanes) is 13. The first kappa shape index (κ1) is 21.9. The fourth-order valence-corrected chi connectivity index (χ4v) is 2.92. The summed E-state index contributed by atoms with van der Waals surface area (Å²) in [6, 6.07) is 0. The molecule has 134 valence electrons. The predicted molar refractivity (Wildman–Crippen MR) is 99.2 cm³/mol. The van der Waals surface area contributed by atoms with Crippen LogP contribution in [0.3, 0.4) is 0 Å². The zero-order valence-corrected chi connectivity index (χ0v) is 15.5. The van der Waals surface area contributed by atoms with Crippen LogP contribution in [0.25, 0.3) is 0 Å². The third-order valence-electron chi connectivity index (χ3n) is 4.49. The van der Waals surface area contributed by atoms with Crippen molar-refractivity contribution in [2.75, 3.05) is 6.54 Å². The van der Waals surface area contributed by atoms with Gasteiger partial charge in [0.05, 0.1) is 0 Å². The average molecular weight is 314 g/mol. The van der Waals surface area contributed by atoms with Gasteiger partial charge < -0.3 is 5.11 Å². The molecule has 0 saturated heterocycles. The molecule has 0 bridgehead atoms. The first-order valence-electron chi connectivity index (χ1n) is 10.2. The van der Waals surface area contributed by atoms with Gasteiger partial charge in [-0.1, -0.05) is 97.3 Å². The topological polar surface area (TPSA) is 32.3 Å². The highest BCUT2D eigenvalue weighted by atomic mass is 16.3. The number of aliphatic hydroxyl groups is 1. The van der Waals surface area contributed by atoms with E-state index in [2.05, 4.69) is 19.2 Å². The van der Waals surface area contributed by atoms with Crippen molar-refractivity contribution in [1.82, 2.24) is 5.32 Å². The highest BCUT2D eigenvalue weighted by molar-refractivity contribution is 4.55. The number of hydrogen-bond acceptors (Lipinski definition) is 2. The van der Waals surface area contributed by atoms with E-state index >= 15 is 0 Å². The Balaban J connectivity index is 3.09. The van der Waals surface area contributed by atoms with Crippen molar-refractivity contribution in [3.05, 3.63) is 0 Å². The molecular weight excluding hydrogens is 270 g/mol. The Kier molecular flexibility index (Phi) is 18.9. The Hall–Kier alpha value is -0.0800. The van der Waals surface area contributed by atoms with Gasteiger partial charge in [-0.2, -0.15) is 0 Å². The Morgan fingerprint density at radius 1 is 0.591 bits per heavy atom. The molecule has 0 radical (unpaired) electrons. The van der Waals surface area contributed by atoms with Crippen LogP contribution in [0.4, 0.5) is 0 Å². The van der Waals surface area contributed by atoms with Crippen LogP contribution in [0.2, 0.25) is 0 Å². The van der Waals surface area contributed by atoms with E-state index in [0.717, 1.165) is 13.0 Å². The molecule has 0 aliphatic carbocycles. The first-order chi connectivity index (χ1) is 10.8. The molecule has 0 aromatic heterocycles. The molecular formula is C20H43NO. The average Bonchev–Trinajstić information content (AvgIpc) is 2.52. The lowest BCUT2D eigenvalue weighted by atomic mass is 10.1. The van der Waals surface area contributed by atoms with E-state index in [0.29, 0.717) is 0 Å². The first-order valence-corrected chi connectivity index (χ1v) is 10.2. The highest BCUT2D eigenvalue weighted by Gasteiger charge is 2.02. The maximum atomic E-state index is 9.84. The quantitative estimate of drug-likeness (QED) is 0.234. The summed E-state index contributed by atoms with van der Waals surface area (Å²) < 4.78 is 0. The van der Waals surface area contributed by atoms with Gasteiger partial charge in [-0.3, -0.25) is 5.32 Å². The van der Waals surface area contributed by atoms with Gasteiger partial charge in [0.15, 0.2) is 0 Å². The molecule has 0 rings (SSSR count). The summed E-state index contributed by atoms with van der Waals surface area (Å²) in [7, 11) is 0. The van der Waals surface area contributed by atoms with Crippen molar-refractivity contribution in [3.63, 3.8) is 0 Å². The van der Waals surface area contributed by atoms with Crippen molar-refractivity contribution in [1.29, 1.82) is 0 Å². The Bertz CT molecular complexity index is 196. The van der Waals surface area contributed by atoms with E-state index in [1.165, 1.54) is 96.3 Å². The minimum atomic E-state index is -0.278. The summed E-state index contributed by atoms with van der Waals surface area (Å²) in [5, 5.41) is 13.1.